The molecule has 1 fully saturated rings. The Morgan fingerprint density at radius 2 is 2.17 bits per heavy atom. The van der Waals surface area contributed by atoms with E-state index < -0.39 is 0 Å². The van der Waals surface area contributed by atoms with E-state index in [1.54, 1.807) is 10.6 Å². The Hall–Kier alpha value is -2.38. The number of carbonyl (C=O) groups is 1. The number of rotatable bonds is 6. The second kappa shape index (κ2) is 9.18. The molecule has 1 amide bonds. The van der Waals surface area contributed by atoms with Crippen LogP contribution in [0.5, 0.6) is 0 Å². The van der Waals surface area contributed by atoms with E-state index in [4.69, 9.17) is 4.98 Å². The maximum absolute atomic E-state index is 13.4. The average molecular weight is 440 g/mol. The quantitative estimate of drug-likeness (QED) is 0.318. The minimum atomic E-state index is -0.0819. The lowest BCUT2D eigenvalue weighted by Gasteiger charge is -2.30. The van der Waals surface area contributed by atoms with Gasteiger partial charge in [0.15, 0.2) is 5.16 Å². The van der Waals surface area contributed by atoms with Gasteiger partial charge in [-0.1, -0.05) is 55.1 Å². The molecule has 5 nitrogen and oxygen atoms in total. The van der Waals surface area contributed by atoms with Gasteiger partial charge in [-0.25, -0.2) is 4.98 Å². The Labute approximate surface area is 184 Å². The highest BCUT2D eigenvalue weighted by Crippen LogP contribution is 2.32. The third kappa shape index (κ3) is 4.23. The van der Waals surface area contributed by atoms with Gasteiger partial charge < -0.3 is 4.90 Å². The van der Waals surface area contributed by atoms with E-state index >= 15 is 0 Å². The van der Waals surface area contributed by atoms with Gasteiger partial charge in [0.2, 0.25) is 5.91 Å². The lowest BCUT2D eigenvalue weighted by molar-refractivity contribution is -0.130. The first-order valence-electron chi connectivity index (χ1n) is 10.2. The third-order valence-electron chi connectivity index (χ3n) is 5.39. The molecule has 3 heterocycles. The molecule has 30 heavy (non-hydrogen) atoms. The third-order valence-corrected chi connectivity index (χ3v) is 7.22. The lowest BCUT2D eigenvalue weighted by atomic mass is 10.0. The molecule has 0 saturated carbocycles. The van der Waals surface area contributed by atoms with Crippen molar-refractivity contribution in [1.29, 1.82) is 0 Å². The van der Waals surface area contributed by atoms with E-state index in [0.717, 1.165) is 30.6 Å². The molecule has 0 bridgehead atoms. The van der Waals surface area contributed by atoms with E-state index in [0.29, 0.717) is 33.6 Å². The number of thiophene rings is 1. The predicted octanol–water partition coefficient (Wildman–Crippen LogP) is 4.66. The number of thioether (sulfide) groups is 1. The summed E-state index contributed by atoms with van der Waals surface area (Å²) in [5.41, 5.74) is 1.82. The molecular weight excluding hydrogens is 414 g/mol. The molecular formula is C23H25N3O2S2. The van der Waals surface area contributed by atoms with Crippen molar-refractivity contribution >= 4 is 39.2 Å². The van der Waals surface area contributed by atoms with Crippen molar-refractivity contribution in [3.8, 4) is 11.1 Å². The summed E-state index contributed by atoms with van der Waals surface area (Å²) in [5, 5.41) is 3.20. The minimum Gasteiger partial charge on any atom is -0.342 e. The first kappa shape index (κ1) is 20.9. The summed E-state index contributed by atoms with van der Waals surface area (Å²) in [7, 11) is 0. The molecule has 7 heteroatoms. The molecule has 1 aliphatic rings. The number of allylic oxidation sites excluding steroid dienone is 1. The summed E-state index contributed by atoms with van der Waals surface area (Å²) in [4.78, 5) is 33.5. The number of fused-ring (bicyclic) bond motifs is 1. The average Bonchev–Trinajstić information content (AvgIpc) is 3.19. The minimum absolute atomic E-state index is 0.0819. The SMILES string of the molecule is C=CCn1c(SCC(=O)N2CCCC(C)C2)nc2scc(-c3ccccc3)c2c1=O. The van der Waals surface area contributed by atoms with E-state index in [1.165, 1.54) is 29.5 Å². The van der Waals surface area contributed by atoms with Crippen molar-refractivity contribution < 1.29 is 4.79 Å². The van der Waals surface area contributed by atoms with Crippen LogP contribution in [-0.4, -0.2) is 39.2 Å². The number of hydrogen-bond acceptors (Lipinski definition) is 5. The van der Waals surface area contributed by atoms with Gasteiger partial charge in [-0.3, -0.25) is 14.2 Å². The Balaban J connectivity index is 1.65. The van der Waals surface area contributed by atoms with Crippen LogP contribution in [0.15, 0.2) is 58.3 Å². The molecule has 0 N–H and O–H groups in total. The van der Waals surface area contributed by atoms with Gasteiger partial charge in [-0.05, 0) is 24.3 Å². The Morgan fingerprint density at radius 3 is 2.90 bits per heavy atom. The topological polar surface area (TPSA) is 55.2 Å². The summed E-state index contributed by atoms with van der Waals surface area (Å²) < 4.78 is 1.63. The van der Waals surface area contributed by atoms with Gasteiger partial charge in [0.05, 0.1) is 11.1 Å². The number of aromatic nitrogens is 2. The molecule has 0 radical (unpaired) electrons. The maximum atomic E-state index is 13.4. The number of amides is 1. The van der Waals surface area contributed by atoms with E-state index in [2.05, 4.69) is 13.5 Å². The zero-order chi connectivity index (χ0) is 21.1. The molecule has 4 rings (SSSR count). The number of benzene rings is 1. The van der Waals surface area contributed by atoms with Crippen LogP contribution >= 0.6 is 23.1 Å². The van der Waals surface area contributed by atoms with E-state index in [9.17, 15) is 9.59 Å². The monoisotopic (exact) mass is 439 g/mol. The molecule has 0 aliphatic carbocycles. The Bertz CT molecular complexity index is 1120. The first-order valence-corrected chi connectivity index (χ1v) is 12.0. The Morgan fingerprint density at radius 1 is 1.37 bits per heavy atom. The van der Waals surface area contributed by atoms with E-state index in [1.807, 2.05) is 40.6 Å². The summed E-state index contributed by atoms with van der Waals surface area (Å²) in [6, 6.07) is 9.89. The summed E-state index contributed by atoms with van der Waals surface area (Å²) in [5.74, 6) is 0.949. The van der Waals surface area contributed by atoms with Crippen LogP contribution < -0.4 is 5.56 Å². The number of nitrogens with zero attached hydrogens (tertiary/aromatic N) is 3. The summed E-state index contributed by atoms with van der Waals surface area (Å²) in [6.45, 7) is 7.98. The molecule has 1 atom stereocenters. The van der Waals surface area contributed by atoms with Crippen LogP contribution in [0.2, 0.25) is 0 Å². The van der Waals surface area contributed by atoms with Crippen LogP contribution in [0.4, 0.5) is 0 Å². The predicted molar refractivity (Wildman–Crippen MR) is 125 cm³/mol. The molecule has 2 aromatic heterocycles. The van der Waals surface area contributed by atoms with E-state index in [-0.39, 0.29) is 11.5 Å². The molecule has 1 saturated heterocycles. The molecule has 1 unspecified atom stereocenters. The standard InChI is InChI=1S/C23H25N3O2S2/c1-3-11-26-22(28)20-18(17-9-5-4-6-10-17)14-29-21(20)24-23(26)30-15-19(27)25-12-7-8-16(2)13-25/h3-6,9-10,14,16H,1,7-8,11-13,15H2,2H3. The molecule has 156 valence electrons. The van der Waals surface area contributed by atoms with Crippen molar-refractivity contribution in [3.63, 3.8) is 0 Å². The van der Waals surface area contributed by atoms with Gasteiger partial charge in [0.25, 0.3) is 5.56 Å². The van der Waals surface area contributed by atoms with Crippen molar-refractivity contribution in [2.75, 3.05) is 18.8 Å². The van der Waals surface area contributed by atoms with Crippen LogP contribution in [0, 0.1) is 5.92 Å². The van der Waals surface area contributed by atoms with Crippen molar-refractivity contribution in [2.24, 2.45) is 5.92 Å². The largest absolute Gasteiger partial charge is 0.342 e. The van der Waals surface area contributed by atoms with Crippen LogP contribution in [0.1, 0.15) is 19.8 Å². The first-order chi connectivity index (χ1) is 14.6. The second-order valence-electron chi connectivity index (χ2n) is 7.67. The fourth-order valence-electron chi connectivity index (χ4n) is 3.87. The molecule has 1 aromatic carbocycles. The fourth-order valence-corrected chi connectivity index (χ4v) is 5.77. The van der Waals surface area contributed by atoms with Crippen LogP contribution in [-0.2, 0) is 11.3 Å². The maximum Gasteiger partial charge on any atom is 0.263 e. The van der Waals surface area contributed by atoms with Crippen molar-refractivity contribution in [3.05, 3.63) is 58.7 Å². The number of likely N-dealkylation sites (tertiary alicyclic amines) is 1. The number of hydrogen-bond donors (Lipinski definition) is 0. The molecule has 1 aliphatic heterocycles. The highest BCUT2D eigenvalue weighted by atomic mass is 32.2. The Kier molecular flexibility index (Phi) is 6.39. The van der Waals surface area contributed by atoms with Crippen LogP contribution in [0.25, 0.3) is 21.3 Å². The zero-order valence-corrected chi connectivity index (χ0v) is 18.7. The highest BCUT2D eigenvalue weighted by molar-refractivity contribution is 7.99. The zero-order valence-electron chi connectivity index (χ0n) is 17.0. The van der Waals surface area contributed by atoms with Gasteiger partial charge >= 0.3 is 0 Å². The lowest BCUT2D eigenvalue weighted by Crippen LogP contribution is -2.40. The van der Waals surface area contributed by atoms with Gasteiger partial charge in [-0.15, -0.1) is 17.9 Å². The number of carbonyl (C=O) groups excluding carboxylic acids is 1. The highest BCUT2D eigenvalue weighted by Gasteiger charge is 2.22. The van der Waals surface area contributed by atoms with Crippen LogP contribution in [0.3, 0.4) is 0 Å². The van der Waals surface area contributed by atoms with Gasteiger partial charge in [0, 0.05) is 30.6 Å². The summed E-state index contributed by atoms with van der Waals surface area (Å²) in [6.07, 6.45) is 3.93. The second-order valence-corrected chi connectivity index (χ2v) is 9.47. The van der Waals surface area contributed by atoms with Crippen molar-refractivity contribution in [1.82, 2.24) is 14.5 Å². The number of piperidine rings is 1. The van der Waals surface area contributed by atoms with Crippen molar-refractivity contribution in [2.45, 2.75) is 31.5 Å². The normalized spacial score (nSPS) is 16.7. The van der Waals surface area contributed by atoms with Gasteiger partial charge in [0.1, 0.15) is 4.83 Å². The smallest absolute Gasteiger partial charge is 0.263 e. The summed E-state index contributed by atoms with van der Waals surface area (Å²) >= 11 is 2.81. The molecule has 0 spiro atoms. The fraction of sp³-hybridized carbons (Fsp3) is 0.348. The molecule has 3 aromatic rings. The van der Waals surface area contributed by atoms with Gasteiger partial charge in [-0.2, -0.15) is 0 Å².